The Labute approximate surface area is 228 Å². The lowest BCUT2D eigenvalue weighted by Gasteiger charge is -2.18. The van der Waals surface area contributed by atoms with Crippen LogP contribution in [0.15, 0.2) is 76.9 Å². The molecule has 5 aromatic rings. The summed E-state index contributed by atoms with van der Waals surface area (Å²) in [5.41, 5.74) is 7.24. The number of aryl methyl sites for hydroxylation is 2. The average Bonchev–Trinajstić information content (AvgIpc) is 3.21. The Morgan fingerprint density at radius 3 is 2.56 bits per heavy atom. The number of aromatic nitrogens is 4. The summed E-state index contributed by atoms with van der Waals surface area (Å²) in [5, 5.41) is 5.26. The number of ether oxygens (including phenoxy) is 1. The van der Waals surface area contributed by atoms with Crippen molar-refractivity contribution in [2.24, 2.45) is 5.10 Å². The molecule has 5 rings (SSSR count). The van der Waals surface area contributed by atoms with Crippen LogP contribution in [0.3, 0.4) is 0 Å². The molecule has 2 aromatic carbocycles. The van der Waals surface area contributed by atoms with Crippen molar-refractivity contribution in [2.45, 2.75) is 47.5 Å². The van der Waals surface area contributed by atoms with E-state index in [-0.39, 0.29) is 11.5 Å². The maximum Gasteiger partial charge on any atom is 0.282 e. The number of rotatable bonds is 7. The Morgan fingerprint density at radius 1 is 1.05 bits per heavy atom. The molecule has 0 aliphatic carbocycles. The third-order valence-electron chi connectivity index (χ3n) is 6.96. The van der Waals surface area contributed by atoms with Crippen LogP contribution in [-0.4, -0.2) is 32.0 Å². The van der Waals surface area contributed by atoms with Gasteiger partial charge in [0.15, 0.2) is 5.82 Å². The number of para-hydroxylation sites is 1. The van der Waals surface area contributed by atoms with Gasteiger partial charge in [-0.3, -0.25) is 9.78 Å². The van der Waals surface area contributed by atoms with Gasteiger partial charge in [0.2, 0.25) is 0 Å². The van der Waals surface area contributed by atoms with Gasteiger partial charge in [-0.25, -0.2) is 4.98 Å². The lowest BCUT2D eigenvalue weighted by Crippen LogP contribution is -2.21. The average molecular weight is 520 g/mol. The molecule has 0 unspecified atom stereocenters. The normalized spacial score (nSPS) is 11.7. The molecule has 7 heteroatoms. The predicted octanol–water partition coefficient (Wildman–Crippen LogP) is 6.58. The van der Waals surface area contributed by atoms with Gasteiger partial charge in [-0.2, -0.15) is 9.78 Å². The second-order valence-corrected chi connectivity index (χ2v) is 9.98. The molecule has 0 fully saturated rings. The van der Waals surface area contributed by atoms with E-state index in [9.17, 15) is 4.79 Å². The third-order valence-corrected chi connectivity index (χ3v) is 6.96. The fourth-order valence-electron chi connectivity index (χ4n) is 5.00. The molecule has 0 atom stereocenters. The van der Waals surface area contributed by atoms with Crippen LogP contribution < -0.4 is 10.3 Å². The minimum absolute atomic E-state index is 0.215. The van der Waals surface area contributed by atoms with Gasteiger partial charge in [-0.15, -0.1) is 0 Å². The van der Waals surface area contributed by atoms with E-state index in [1.54, 1.807) is 18.5 Å². The van der Waals surface area contributed by atoms with Crippen LogP contribution in [0.5, 0.6) is 5.75 Å². The van der Waals surface area contributed by atoms with Crippen LogP contribution >= 0.6 is 0 Å². The molecule has 39 heavy (non-hydrogen) atoms. The van der Waals surface area contributed by atoms with Crippen LogP contribution in [0.2, 0.25) is 0 Å². The molecule has 0 aliphatic heterocycles. The quantitative estimate of drug-likeness (QED) is 0.228. The zero-order valence-electron chi connectivity index (χ0n) is 23.3. The maximum atomic E-state index is 13.8. The van der Waals surface area contributed by atoms with Gasteiger partial charge >= 0.3 is 0 Å². The van der Waals surface area contributed by atoms with Crippen LogP contribution in [0.4, 0.5) is 0 Å². The molecule has 0 saturated heterocycles. The van der Waals surface area contributed by atoms with Gasteiger partial charge in [0, 0.05) is 28.7 Å². The maximum absolute atomic E-state index is 13.8. The number of hydrogen-bond donors (Lipinski definition) is 0. The van der Waals surface area contributed by atoms with Crippen LogP contribution in [0, 0.1) is 20.8 Å². The van der Waals surface area contributed by atoms with Gasteiger partial charge in [0.05, 0.1) is 35.6 Å². The van der Waals surface area contributed by atoms with E-state index in [4.69, 9.17) is 14.8 Å². The molecule has 198 valence electrons. The predicted molar refractivity (Wildman–Crippen MR) is 157 cm³/mol. The number of pyridine rings is 1. The largest absolute Gasteiger partial charge is 0.494 e. The molecule has 0 spiro atoms. The van der Waals surface area contributed by atoms with Crippen LogP contribution in [0.25, 0.3) is 28.0 Å². The summed E-state index contributed by atoms with van der Waals surface area (Å²) in [4.78, 5) is 23.0. The van der Waals surface area contributed by atoms with Crippen molar-refractivity contribution in [3.8, 4) is 22.8 Å². The van der Waals surface area contributed by atoms with E-state index in [0.29, 0.717) is 23.3 Å². The summed E-state index contributed by atoms with van der Waals surface area (Å²) in [5.74, 6) is 1.58. The van der Waals surface area contributed by atoms with Crippen molar-refractivity contribution in [3.63, 3.8) is 0 Å². The summed E-state index contributed by atoms with van der Waals surface area (Å²) in [6, 6.07) is 17.5. The monoisotopic (exact) mass is 519 g/mol. The van der Waals surface area contributed by atoms with Crippen LogP contribution in [-0.2, 0) is 0 Å². The molecule has 0 amide bonds. The minimum Gasteiger partial charge on any atom is -0.494 e. The van der Waals surface area contributed by atoms with E-state index < -0.39 is 0 Å². The van der Waals surface area contributed by atoms with Gasteiger partial charge in [-0.1, -0.05) is 26.0 Å². The zero-order chi connectivity index (χ0) is 27.7. The van der Waals surface area contributed by atoms with E-state index in [2.05, 4.69) is 35.5 Å². The first-order chi connectivity index (χ1) is 18.8. The van der Waals surface area contributed by atoms with E-state index in [1.807, 2.05) is 70.3 Å². The summed E-state index contributed by atoms with van der Waals surface area (Å²) in [6.45, 7) is 12.9. The molecule has 3 heterocycles. The highest BCUT2D eigenvalue weighted by Crippen LogP contribution is 2.34. The van der Waals surface area contributed by atoms with Gasteiger partial charge in [0.1, 0.15) is 5.75 Å². The molecule has 0 saturated carbocycles. The van der Waals surface area contributed by atoms with Crippen LogP contribution in [0.1, 0.15) is 54.8 Å². The van der Waals surface area contributed by atoms with E-state index >= 15 is 0 Å². The standard InChI is InChI=1S/C32H33N5O2/c1-7-39-30-15-21(4)28(17-27(30)20(2)3)31-35-29-13-9-8-12-26(29)32(38)37(31)34-18-24-16-22(5)36(23(24)6)25-11-10-14-33-19-25/h8-20H,7H2,1-6H3. The number of nitrogens with zero attached hydrogens (tertiary/aromatic N) is 5. The first-order valence-electron chi connectivity index (χ1n) is 13.2. The molecular weight excluding hydrogens is 486 g/mol. The Kier molecular flexibility index (Phi) is 7.15. The van der Waals surface area contributed by atoms with Crippen molar-refractivity contribution >= 4 is 17.1 Å². The van der Waals surface area contributed by atoms with Crippen molar-refractivity contribution in [1.82, 2.24) is 19.2 Å². The Morgan fingerprint density at radius 2 is 1.85 bits per heavy atom. The lowest BCUT2D eigenvalue weighted by atomic mass is 9.96. The van der Waals surface area contributed by atoms with Gasteiger partial charge < -0.3 is 9.30 Å². The van der Waals surface area contributed by atoms with Crippen molar-refractivity contribution in [2.75, 3.05) is 6.61 Å². The van der Waals surface area contributed by atoms with Crippen molar-refractivity contribution in [1.29, 1.82) is 0 Å². The number of benzene rings is 2. The van der Waals surface area contributed by atoms with E-state index in [1.165, 1.54) is 4.68 Å². The van der Waals surface area contributed by atoms with Gasteiger partial charge in [-0.05, 0) is 87.2 Å². The SMILES string of the molecule is CCOc1cc(C)c(-c2nc3ccccc3c(=O)n2N=Cc2cc(C)n(-c3cccnc3)c2C)cc1C(C)C. The first-order valence-corrected chi connectivity index (χ1v) is 13.2. The summed E-state index contributed by atoms with van der Waals surface area (Å²) < 4.78 is 9.49. The summed E-state index contributed by atoms with van der Waals surface area (Å²) in [7, 11) is 0. The number of fused-ring (bicyclic) bond motifs is 1. The number of hydrogen-bond acceptors (Lipinski definition) is 5. The Balaban J connectivity index is 1.71. The lowest BCUT2D eigenvalue weighted by molar-refractivity contribution is 0.335. The third kappa shape index (κ3) is 4.88. The topological polar surface area (TPSA) is 74.3 Å². The highest BCUT2D eigenvalue weighted by atomic mass is 16.5. The molecule has 0 radical (unpaired) electrons. The van der Waals surface area contributed by atoms with E-state index in [0.717, 1.165) is 45.1 Å². The van der Waals surface area contributed by atoms with Crippen molar-refractivity contribution < 1.29 is 4.74 Å². The molecule has 0 N–H and O–H groups in total. The summed E-state index contributed by atoms with van der Waals surface area (Å²) in [6.07, 6.45) is 5.33. The first kappa shape index (κ1) is 26.1. The second-order valence-electron chi connectivity index (χ2n) is 9.98. The molecule has 3 aromatic heterocycles. The van der Waals surface area contributed by atoms with Crippen molar-refractivity contribution in [3.05, 3.63) is 105 Å². The Bertz CT molecular complexity index is 1750. The Hall–Kier alpha value is -4.52. The molecule has 7 nitrogen and oxygen atoms in total. The fraction of sp³-hybridized carbons (Fsp3) is 0.250. The van der Waals surface area contributed by atoms with Gasteiger partial charge in [0.25, 0.3) is 5.56 Å². The molecule has 0 aliphatic rings. The zero-order valence-corrected chi connectivity index (χ0v) is 23.3. The molecular formula is C32H33N5O2. The second kappa shape index (κ2) is 10.7. The minimum atomic E-state index is -0.215. The highest BCUT2D eigenvalue weighted by molar-refractivity contribution is 5.84. The highest BCUT2D eigenvalue weighted by Gasteiger charge is 2.19. The molecule has 0 bridgehead atoms. The fourth-order valence-corrected chi connectivity index (χ4v) is 5.00. The summed E-state index contributed by atoms with van der Waals surface area (Å²) >= 11 is 0. The smallest absolute Gasteiger partial charge is 0.282 e.